The van der Waals surface area contributed by atoms with Gasteiger partial charge in [-0.15, -0.1) is 0 Å². The van der Waals surface area contributed by atoms with Crippen molar-refractivity contribution < 1.29 is 9.53 Å². The normalized spacial score (nSPS) is 10.3. The van der Waals surface area contributed by atoms with E-state index < -0.39 is 0 Å². The maximum Gasteiger partial charge on any atom is 0.267 e. The van der Waals surface area contributed by atoms with E-state index in [4.69, 9.17) is 4.74 Å². The first-order valence-corrected chi connectivity index (χ1v) is 7.00. The van der Waals surface area contributed by atoms with E-state index in [1.165, 1.54) is 10.8 Å². The lowest BCUT2D eigenvalue weighted by Gasteiger charge is -2.09. The number of Topliss-reactive ketones (excluding diaryl/α,β-unsaturated/α-hetero) is 1. The first kappa shape index (κ1) is 14.7. The number of methoxy groups -OCH3 is 1. The molecule has 0 fully saturated rings. The second-order valence-corrected chi connectivity index (χ2v) is 5.36. The number of ether oxygens (including phenoxy) is 1. The number of halogens is 1. The molecule has 0 radical (unpaired) electrons. The Balaban J connectivity index is 2.28. The lowest BCUT2D eigenvalue weighted by Crippen LogP contribution is -2.28. The summed E-state index contributed by atoms with van der Waals surface area (Å²) in [6.45, 7) is 1.69. The zero-order valence-electron chi connectivity index (χ0n) is 11.1. The summed E-state index contributed by atoms with van der Waals surface area (Å²) < 4.78 is 6.92. The zero-order chi connectivity index (χ0) is 14.7. The molecule has 0 unspecified atom stereocenters. The quantitative estimate of drug-likeness (QED) is 0.598. The monoisotopic (exact) mass is 384 g/mol. The molecule has 20 heavy (non-hydrogen) atoms. The minimum atomic E-state index is -0.194. The summed E-state index contributed by atoms with van der Waals surface area (Å²) in [7, 11) is 1.57. The summed E-state index contributed by atoms with van der Waals surface area (Å²) in [6, 6.07) is 6.80. The Morgan fingerprint density at radius 1 is 1.35 bits per heavy atom. The maximum absolute atomic E-state index is 12.2. The number of benzene rings is 1. The Morgan fingerprint density at radius 3 is 2.60 bits per heavy atom. The average molecular weight is 384 g/mol. The summed E-state index contributed by atoms with van der Waals surface area (Å²) in [6.07, 6.45) is 1.51. The summed E-state index contributed by atoms with van der Waals surface area (Å²) in [4.78, 5) is 28.3. The first-order valence-electron chi connectivity index (χ1n) is 5.92. The van der Waals surface area contributed by atoms with Crippen LogP contribution in [0.2, 0.25) is 0 Å². The predicted octanol–water partition coefficient (Wildman–Crippen LogP) is 2.05. The Labute approximate surface area is 129 Å². The van der Waals surface area contributed by atoms with Crippen molar-refractivity contribution in [1.82, 2.24) is 9.55 Å². The fourth-order valence-electron chi connectivity index (χ4n) is 1.75. The molecule has 0 spiro atoms. The molecule has 2 rings (SSSR count). The SMILES string of the molecule is COc1ccc(C(=O)Cn2c(C)ncc(I)c2=O)cc1. The van der Waals surface area contributed by atoms with Crippen LogP contribution in [-0.4, -0.2) is 22.4 Å². The number of nitrogens with zero attached hydrogens (tertiary/aromatic N) is 2. The fraction of sp³-hybridized carbons (Fsp3) is 0.214. The summed E-state index contributed by atoms with van der Waals surface area (Å²) in [5.74, 6) is 1.07. The van der Waals surface area contributed by atoms with E-state index in [-0.39, 0.29) is 17.9 Å². The largest absolute Gasteiger partial charge is 0.497 e. The van der Waals surface area contributed by atoms with Crippen molar-refractivity contribution in [3.05, 3.63) is 55.8 Å². The number of carbonyl (C=O) groups excluding carboxylic acids is 1. The highest BCUT2D eigenvalue weighted by Gasteiger charge is 2.12. The van der Waals surface area contributed by atoms with Crippen LogP contribution in [0, 0.1) is 10.5 Å². The van der Waals surface area contributed by atoms with E-state index in [0.29, 0.717) is 20.7 Å². The molecule has 6 heteroatoms. The molecule has 0 atom stereocenters. The average Bonchev–Trinajstić information content (AvgIpc) is 2.47. The van der Waals surface area contributed by atoms with Crippen LogP contribution in [0.1, 0.15) is 16.2 Å². The Morgan fingerprint density at radius 2 is 2.00 bits per heavy atom. The highest BCUT2D eigenvalue weighted by Crippen LogP contribution is 2.12. The lowest BCUT2D eigenvalue weighted by atomic mass is 10.1. The van der Waals surface area contributed by atoms with Gasteiger partial charge in [-0.2, -0.15) is 0 Å². The number of aryl methyl sites for hydroxylation is 1. The number of carbonyl (C=O) groups is 1. The van der Waals surface area contributed by atoms with Crippen molar-refractivity contribution in [3.63, 3.8) is 0 Å². The van der Waals surface area contributed by atoms with E-state index in [0.717, 1.165) is 0 Å². The molecule has 104 valence electrons. The van der Waals surface area contributed by atoms with Gasteiger partial charge in [0.05, 0.1) is 17.2 Å². The number of rotatable bonds is 4. The van der Waals surface area contributed by atoms with Gasteiger partial charge in [0.15, 0.2) is 5.78 Å². The van der Waals surface area contributed by atoms with Gasteiger partial charge in [0.1, 0.15) is 11.6 Å². The molecule has 2 aromatic rings. The van der Waals surface area contributed by atoms with Gasteiger partial charge in [-0.25, -0.2) is 4.98 Å². The zero-order valence-corrected chi connectivity index (χ0v) is 13.2. The molecule has 0 saturated carbocycles. The minimum Gasteiger partial charge on any atom is -0.497 e. The molecule has 0 bridgehead atoms. The van der Waals surface area contributed by atoms with Gasteiger partial charge in [-0.1, -0.05) is 0 Å². The van der Waals surface area contributed by atoms with Gasteiger partial charge in [-0.3, -0.25) is 14.2 Å². The van der Waals surface area contributed by atoms with Crippen molar-refractivity contribution in [2.24, 2.45) is 0 Å². The third kappa shape index (κ3) is 3.06. The molecule has 5 nitrogen and oxygen atoms in total. The molecule has 0 N–H and O–H groups in total. The van der Waals surface area contributed by atoms with Crippen LogP contribution in [-0.2, 0) is 6.54 Å². The maximum atomic E-state index is 12.2. The smallest absolute Gasteiger partial charge is 0.267 e. The topological polar surface area (TPSA) is 61.2 Å². The molecular formula is C14H13IN2O3. The Hall–Kier alpha value is -1.70. The minimum absolute atomic E-state index is 0.0131. The highest BCUT2D eigenvalue weighted by atomic mass is 127. The number of hydrogen-bond donors (Lipinski definition) is 0. The van der Waals surface area contributed by atoms with Gasteiger partial charge in [-0.05, 0) is 53.8 Å². The summed E-state index contributed by atoms with van der Waals surface area (Å²) >= 11 is 1.91. The Kier molecular flexibility index (Phi) is 4.53. The third-order valence-corrected chi connectivity index (χ3v) is 3.66. The highest BCUT2D eigenvalue weighted by molar-refractivity contribution is 14.1. The van der Waals surface area contributed by atoms with E-state index in [1.807, 2.05) is 22.6 Å². The summed E-state index contributed by atoms with van der Waals surface area (Å²) in [5.41, 5.74) is 0.343. The van der Waals surface area contributed by atoms with Gasteiger partial charge in [0, 0.05) is 11.8 Å². The molecule has 1 aromatic carbocycles. The summed E-state index contributed by atoms with van der Waals surface area (Å²) in [5, 5.41) is 0. The van der Waals surface area contributed by atoms with Gasteiger partial charge in [0.2, 0.25) is 0 Å². The predicted molar refractivity (Wildman–Crippen MR) is 83.3 cm³/mol. The molecule has 1 aromatic heterocycles. The van der Waals surface area contributed by atoms with Crippen molar-refractivity contribution in [3.8, 4) is 5.75 Å². The van der Waals surface area contributed by atoms with Crippen molar-refractivity contribution in [2.75, 3.05) is 7.11 Å². The second kappa shape index (κ2) is 6.17. The number of ketones is 1. The van der Waals surface area contributed by atoms with Gasteiger partial charge < -0.3 is 4.74 Å². The van der Waals surface area contributed by atoms with Crippen LogP contribution < -0.4 is 10.3 Å². The molecule has 0 saturated heterocycles. The van der Waals surface area contributed by atoms with E-state index in [2.05, 4.69) is 4.98 Å². The molecule has 0 aliphatic rings. The molecule has 0 aliphatic carbocycles. The van der Waals surface area contributed by atoms with Crippen molar-refractivity contribution >= 4 is 28.4 Å². The molecule has 0 amide bonds. The van der Waals surface area contributed by atoms with Crippen molar-refractivity contribution in [2.45, 2.75) is 13.5 Å². The number of aromatic nitrogens is 2. The Bertz CT molecular complexity index is 693. The van der Waals surface area contributed by atoms with Crippen LogP contribution in [0.25, 0.3) is 0 Å². The van der Waals surface area contributed by atoms with E-state index in [9.17, 15) is 9.59 Å². The van der Waals surface area contributed by atoms with Gasteiger partial charge >= 0.3 is 0 Å². The van der Waals surface area contributed by atoms with Crippen LogP contribution in [0.15, 0.2) is 35.3 Å². The molecule has 0 aliphatic heterocycles. The number of hydrogen-bond acceptors (Lipinski definition) is 4. The van der Waals surface area contributed by atoms with Crippen molar-refractivity contribution in [1.29, 1.82) is 0 Å². The van der Waals surface area contributed by atoms with Crippen LogP contribution in [0.5, 0.6) is 5.75 Å². The van der Waals surface area contributed by atoms with Crippen LogP contribution in [0.4, 0.5) is 0 Å². The van der Waals surface area contributed by atoms with Crippen LogP contribution >= 0.6 is 22.6 Å². The standard InChI is InChI=1S/C14H13IN2O3/c1-9-16-7-12(15)14(19)17(9)8-13(18)10-3-5-11(20-2)6-4-10/h3-7H,8H2,1-2H3. The molecule has 1 heterocycles. The van der Waals surface area contributed by atoms with Crippen LogP contribution in [0.3, 0.4) is 0 Å². The lowest BCUT2D eigenvalue weighted by molar-refractivity contribution is 0.0969. The van der Waals surface area contributed by atoms with E-state index >= 15 is 0 Å². The second-order valence-electron chi connectivity index (χ2n) is 4.20. The third-order valence-electron chi connectivity index (χ3n) is 2.92. The van der Waals surface area contributed by atoms with Gasteiger partial charge in [0.25, 0.3) is 5.56 Å². The first-order chi connectivity index (χ1) is 9.52. The van der Waals surface area contributed by atoms with E-state index in [1.54, 1.807) is 38.3 Å². The fourth-order valence-corrected chi connectivity index (χ4v) is 2.18. The molecular weight excluding hydrogens is 371 g/mol.